The van der Waals surface area contributed by atoms with Crippen molar-refractivity contribution in [2.24, 2.45) is 5.41 Å². The van der Waals surface area contributed by atoms with Gasteiger partial charge in [0.2, 0.25) is 10.0 Å². The molecule has 0 bridgehead atoms. The number of ether oxygens (including phenoxy) is 1. The summed E-state index contributed by atoms with van der Waals surface area (Å²) in [5.41, 5.74) is 1.03. The zero-order valence-corrected chi connectivity index (χ0v) is 14.8. The molecule has 3 rings (SSSR count). The number of nitrogens with zero attached hydrogens (tertiary/aromatic N) is 3. The van der Waals surface area contributed by atoms with Gasteiger partial charge in [0.25, 0.3) is 0 Å². The van der Waals surface area contributed by atoms with Crippen LogP contribution in [0.2, 0.25) is 0 Å². The molecule has 3 heterocycles. The molecule has 8 heteroatoms. The van der Waals surface area contributed by atoms with Gasteiger partial charge in [-0.05, 0) is 19.9 Å². The average molecular weight is 345 g/mol. The molecule has 2 saturated heterocycles. The van der Waals surface area contributed by atoms with Gasteiger partial charge >= 0.3 is 0 Å². The topological polar surface area (TPSA) is 62.7 Å². The third-order valence-electron chi connectivity index (χ3n) is 4.44. The average Bonchev–Trinajstić information content (AvgIpc) is 2.92. The Morgan fingerprint density at radius 3 is 2.91 bits per heavy atom. The number of aryl methyl sites for hydroxylation is 1. The molecular weight excluding hydrogens is 322 g/mol. The van der Waals surface area contributed by atoms with E-state index in [0.29, 0.717) is 26.3 Å². The summed E-state index contributed by atoms with van der Waals surface area (Å²) in [4.78, 5) is 6.88. The molecule has 0 radical (unpaired) electrons. The molecule has 0 aliphatic carbocycles. The van der Waals surface area contributed by atoms with Gasteiger partial charge in [-0.15, -0.1) is 11.3 Å². The highest BCUT2D eigenvalue weighted by Crippen LogP contribution is 2.34. The van der Waals surface area contributed by atoms with E-state index >= 15 is 0 Å². The van der Waals surface area contributed by atoms with Gasteiger partial charge in [-0.3, -0.25) is 4.90 Å². The Morgan fingerprint density at radius 1 is 1.41 bits per heavy atom. The zero-order valence-electron chi connectivity index (χ0n) is 13.1. The number of thiazole rings is 1. The smallest absolute Gasteiger partial charge is 0.211 e. The number of likely N-dealkylation sites (tertiary alicyclic amines) is 1. The van der Waals surface area contributed by atoms with Crippen LogP contribution in [0.1, 0.15) is 17.1 Å². The summed E-state index contributed by atoms with van der Waals surface area (Å²) >= 11 is 1.67. The third kappa shape index (κ3) is 3.68. The minimum Gasteiger partial charge on any atom is -0.379 e. The molecule has 6 nitrogen and oxygen atoms in total. The van der Waals surface area contributed by atoms with E-state index in [0.717, 1.165) is 36.8 Å². The monoisotopic (exact) mass is 345 g/mol. The van der Waals surface area contributed by atoms with Gasteiger partial charge in [0.15, 0.2) is 0 Å². The second kappa shape index (κ2) is 6.16. The van der Waals surface area contributed by atoms with Crippen molar-refractivity contribution in [1.82, 2.24) is 14.2 Å². The fraction of sp³-hybridized carbons (Fsp3) is 0.786. The SMILES string of the molecule is Cc1nc(CN2CC[C@@]3(COCCN(S(C)(=O)=O)C3)C2)cs1. The van der Waals surface area contributed by atoms with Gasteiger partial charge in [-0.25, -0.2) is 13.4 Å². The second-order valence-corrected chi connectivity index (χ2v) is 9.51. The minimum absolute atomic E-state index is 0.0787. The molecule has 0 unspecified atom stereocenters. The predicted molar refractivity (Wildman–Crippen MR) is 86.4 cm³/mol. The Morgan fingerprint density at radius 2 is 2.23 bits per heavy atom. The summed E-state index contributed by atoms with van der Waals surface area (Å²) in [6.07, 6.45) is 2.26. The molecule has 0 N–H and O–H groups in total. The molecule has 1 aromatic heterocycles. The molecule has 1 atom stereocenters. The maximum Gasteiger partial charge on any atom is 0.211 e. The van der Waals surface area contributed by atoms with E-state index < -0.39 is 10.0 Å². The molecule has 0 saturated carbocycles. The van der Waals surface area contributed by atoms with Gasteiger partial charge in [-0.2, -0.15) is 4.31 Å². The summed E-state index contributed by atoms with van der Waals surface area (Å²) < 4.78 is 31.1. The van der Waals surface area contributed by atoms with Crippen LogP contribution in [0.15, 0.2) is 5.38 Å². The number of hydrogen-bond acceptors (Lipinski definition) is 6. The van der Waals surface area contributed by atoms with Crippen molar-refractivity contribution >= 4 is 21.4 Å². The lowest BCUT2D eigenvalue weighted by atomic mass is 9.88. The Bertz CT molecular complexity index is 631. The van der Waals surface area contributed by atoms with Gasteiger partial charge in [-0.1, -0.05) is 0 Å². The quantitative estimate of drug-likeness (QED) is 0.816. The van der Waals surface area contributed by atoms with E-state index in [4.69, 9.17) is 4.74 Å². The zero-order chi connectivity index (χ0) is 15.8. The standard InChI is InChI=1S/C14H23N3O3S2/c1-12-15-13(8-21-12)7-16-4-3-14(9-16)10-17(22(2,18)19)5-6-20-11-14/h8H,3-7,9-11H2,1-2H3/t14-/m1/s1. The van der Waals surface area contributed by atoms with Crippen molar-refractivity contribution in [2.45, 2.75) is 19.9 Å². The van der Waals surface area contributed by atoms with Crippen LogP contribution in [0.5, 0.6) is 0 Å². The lowest BCUT2D eigenvalue weighted by Gasteiger charge is -2.30. The van der Waals surface area contributed by atoms with Crippen LogP contribution in [-0.2, 0) is 21.3 Å². The molecule has 1 aromatic rings. The van der Waals surface area contributed by atoms with Gasteiger partial charge in [0.1, 0.15) is 0 Å². The maximum atomic E-state index is 11.9. The Hall–Kier alpha value is -0.540. The minimum atomic E-state index is -3.16. The molecule has 0 amide bonds. The molecule has 124 valence electrons. The molecular formula is C14H23N3O3S2. The van der Waals surface area contributed by atoms with E-state index in [1.165, 1.54) is 6.26 Å². The maximum absolute atomic E-state index is 11.9. The van der Waals surface area contributed by atoms with E-state index in [1.807, 2.05) is 6.92 Å². The first-order valence-corrected chi connectivity index (χ1v) is 10.3. The normalized spacial score (nSPS) is 28.3. The highest BCUT2D eigenvalue weighted by atomic mass is 32.2. The summed E-state index contributed by atoms with van der Waals surface area (Å²) in [5.74, 6) is 0. The lowest BCUT2D eigenvalue weighted by Crippen LogP contribution is -2.42. The van der Waals surface area contributed by atoms with Crippen LogP contribution in [0.3, 0.4) is 0 Å². The first-order chi connectivity index (χ1) is 10.4. The molecule has 2 fully saturated rings. The van der Waals surface area contributed by atoms with Crippen LogP contribution < -0.4 is 0 Å². The van der Waals surface area contributed by atoms with Gasteiger partial charge in [0.05, 0.1) is 30.2 Å². The van der Waals surface area contributed by atoms with Gasteiger partial charge in [0, 0.05) is 37.0 Å². The van der Waals surface area contributed by atoms with Crippen molar-refractivity contribution < 1.29 is 13.2 Å². The highest BCUT2D eigenvalue weighted by molar-refractivity contribution is 7.88. The molecule has 22 heavy (non-hydrogen) atoms. The lowest BCUT2D eigenvalue weighted by molar-refractivity contribution is 0.0720. The Balaban J connectivity index is 1.68. The number of rotatable bonds is 3. The Kier molecular flexibility index (Phi) is 4.57. The number of hydrogen-bond donors (Lipinski definition) is 0. The van der Waals surface area contributed by atoms with Crippen LogP contribution in [0.25, 0.3) is 0 Å². The van der Waals surface area contributed by atoms with Crippen LogP contribution in [0.4, 0.5) is 0 Å². The van der Waals surface area contributed by atoms with E-state index in [2.05, 4.69) is 15.3 Å². The van der Waals surface area contributed by atoms with Crippen molar-refractivity contribution in [2.75, 3.05) is 45.6 Å². The first-order valence-electron chi connectivity index (χ1n) is 7.53. The van der Waals surface area contributed by atoms with E-state index in [1.54, 1.807) is 15.6 Å². The summed E-state index contributed by atoms with van der Waals surface area (Å²) in [6.45, 7) is 6.86. The van der Waals surface area contributed by atoms with E-state index in [-0.39, 0.29) is 5.41 Å². The molecule has 0 aromatic carbocycles. The summed E-state index contributed by atoms with van der Waals surface area (Å²) in [5, 5.41) is 3.19. The number of sulfonamides is 1. The predicted octanol–water partition coefficient (Wildman–Crippen LogP) is 0.935. The summed E-state index contributed by atoms with van der Waals surface area (Å²) in [7, 11) is -3.16. The van der Waals surface area contributed by atoms with Crippen molar-refractivity contribution in [3.63, 3.8) is 0 Å². The first kappa shape index (κ1) is 16.3. The molecule has 1 spiro atoms. The van der Waals surface area contributed by atoms with E-state index in [9.17, 15) is 8.42 Å². The van der Waals surface area contributed by atoms with Crippen LogP contribution >= 0.6 is 11.3 Å². The highest BCUT2D eigenvalue weighted by Gasteiger charge is 2.42. The summed E-state index contributed by atoms with van der Waals surface area (Å²) in [6, 6.07) is 0. The second-order valence-electron chi connectivity index (χ2n) is 6.47. The fourth-order valence-corrected chi connectivity index (χ4v) is 4.87. The van der Waals surface area contributed by atoms with Crippen molar-refractivity contribution in [3.8, 4) is 0 Å². The Labute approximate surface area is 136 Å². The third-order valence-corrected chi connectivity index (χ3v) is 6.52. The van der Waals surface area contributed by atoms with Crippen LogP contribution in [0, 0.1) is 12.3 Å². The van der Waals surface area contributed by atoms with Crippen molar-refractivity contribution in [1.29, 1.82) is 0 Å². The van der Waals surface area contributed by atoms with Gasteiger partial charge < -0.3 is 4.74 Å². The van der Waals surface area contributed by atoms with Crippen molar-refractivity contribution in [3.05, 3.63) is 16.1 Å². The fourth-order valence-electron chi connectivity index (χ4n) is 3.36. The molecule has 2 aliphatic heterocycles. The number of aromatic nitrogens is 1. The largest absolute Gasteiger partial charge is 0.379 e. The molecule has 2 aliphatic rings. The van der Waals surface area contributed by atoms with Crippen LogP contribution in [-0.4, -0.2) is 68.3 Å².